The molecule has 142 valence electrons. The van der Waals surface area contributed by atoms with Crippen LogP contribution in [0.4, 0.5) is 5.69 Å². The average molecular weight is 390 g/mol. The lowest BCUT2D eigenvalue weighted by atomic mass is 10.1. The van der Waals surface area contributed by atoms with E-state index in [-0.39, 0.29) is 10.8 Å². The summed E-state index contributed by atoms with van der Waals surface area (Å²) >= 11 is 6.29. The van der Waals surface area contributed by atoms with Gasteiger partial charge in [-0.1, -0.05) is 11.6 Å². The van der Waals surface area contributed by atoms with E-state index in [2.05, 4.69) is 0 Å². The van der Waals surface area contributed by atoms with Gasteiger partial charge in [-0.2, -0.15) is 0 Å². The monoisotopic (exact) mass is 389 g/mol. The van der Waals surface area contributed by atoms with Gasteiger partial charge in [0, 0.05) is 17.2 Å². The molecule has 3 rings (SSSR count). The molecule has 1 aliphatic rings. The minimum Gasteiger partial charge on any atom is -0.496 e. The van der Waals surface area contributed by atoms with E-state index in [1.165, 1.54) is 13.2 Å². The number of nitrogens with two attached hydrogens (primary N) is 1. The third-order valence-electron chi connectivity index (χ3n) is 3.97. The Bertz CT molecular complexity index is 894. The van der Waals surface area contributed by atoms with Crippen molar-refractivity contribution in [3.05, 3.63) is 46.5 Å². The normalized spacial score (nSPS) is 13.2. The molecule has 0 bridgehead atoms. The molecule has 1 aliphatic heterocycles. The van der Waals surface area contributed by atoms with E-state index < -0.39 is 0 Å². The molecule has 2 N–H and O–H groups in total. The fourth-order valence-corrected chi connectivity index (χ4v) is 2.90. The van der Waals surface area contributed by atoms with Crippen molar-refractivity contribution in [3.63, 3.8) is 0 Å². The second-order valence-electron chi connectivity index (χ2n) is 5.74. The first-order valence-electron chi connectivity index (χ1n) is 8.45. The number of carbonyl (C=O) groups is 1. The number of Topliss-reactive ketones (excluding diaryl/α,β-unsaturated/α-hetero) is 1. The number of ketones is 1. The molecule has 0 spiro atoms. The van der Waals surface area contributed by atoms with Crippen molar-refractivity contribution >= 4 is 29.1 Å². The highest BCUT2D eigenvalue weighted by Gasteiger charge is 2.18. The Balaban J connectivity index is 1.93. The first kappa shape index (κ1) is 18.9. The van der Waals surface area contributed by atoms with Crippen molar-refractivity contribution in [1.82, 2.24) is 0 Å². The van der Waals surface area contributed by atoms with Gasteiger partial charge in [0.05, 0.1) is 24.4 Å². The Morgan fingerprint density at radius 3 is 2.56 bits per heavy atom. The summed E-state index contributed by atoms with van der Waals surface area (Å²) < 4.78 is 21.9. The van der Waals surface area contributed by atoms with Gasteiger partial charge in [0.25, 0.3) is 0 Å². The van der Waals surface area contributed by atoms with Gasteiger partial charge in [0.15, 0.2) is 11.5 Å². The van der Waals surface area contributed by atoms with Crippen molar-refractivity contribution in [1.29, 1.82) is 0 Å². The molecular formula is C20H20ClNO5. The van der Waals surface area contributed by atoms with E-state index in [0.717, 1.165) is 0 Å². The smallest absolute Gasteiger partial charge is 0.204 e. The maximum absolute atomic E-state index is 12.7. The molecule has 2 aromatic carbocycles. The summed E-state index contributed by atoms with van der Waals surface area (Å²) in [6.45, 7) is 3.22. The Kier molecular flexibility index (Phi) is 5.76. The molecule has 0 saturated heterocycles. The van der Waals surface area contributed by atoms with Gasteiger partial charge in [0.1, 0.15) is 24.7 Å². The minimum absolute atomic E-state index is 0.0252. The van der Waals surface area contributed by atoms with Crippen LogP contribution < -0.4 is 24.7 Å². The summed E-state index contributed by atoms with van der Waals surface area (Å²) in [6.07, 6.45) is 1.54. The first-order chi connectivity index (χ1) is 13.0. The number of benzene rings is 2. The molecule has 0 amide bonds. The largest absolute Gasteiger partial charge is 0.496 e. The van der Waals surface area contributed by atoms with Crippen LogP contribution in [0, 0.1) is 0 Å². The molecule has 0 fully saturated rings. The second kappa shape index (κ2) is 8.22. The molecule has 2 aromatic rings. The Morgan fingerprint density at radius 1 is 1.19 bits per heavy atom. The number of anilines is 1. The highest BCUT2D eigenvalue weighted by Crippen LogP contribution is 2.38. The third kappa shape index (κ3) is 4.11. The van der Waals surface area contributed by atoms with Crippen LogP contribution in [0.1, 0.15) is 22.8 Å². The quantitative estimate of drug-likeness (QED) is 0.458. The number of allylic oxidation sites excluding steroid dienone is 1. The van der Waals surface area contributed by atoms with Gasteiger partial charge in [-0.25, -0.2) is 0 Å². The van der Waals surface area contributed by atoms with Gasteiger partial charge in [0.2, 0.25) is 5.78 Å². The van der Waals surface area contributed by atoms with Crippen LogP contribution in [-0.2, 0) is 0 Å². The zero-order chi connectivity index (χ0) is 19.4. The van der Waals surface area contributed by atoms with Crippen LogP contribution >= 0.6 is 11.6 Å². The summed E-state index contributed by atoms with van der Waals surface area (Å²) in [5.74, 6) is 1.80. The predicted octanol–water partition coefficient (Wildman–Crippen LogP) is 3.91. The van der Waals surface area contributed by atoms with Gasteiger partial charge in [-0.3, -0.25) is 4.79 Å². The van der Waals surface area contributed by atoms with Crippen molar-refractivity contribution in [2.45, 2.75) is 6.92 Å². The molecule has 0 aromatic heterocycles. The number of rotatable bonds is 6. The van der Waals surface area contributed by atoms with E-state index in [1.54, 1.807) is 30.3 Å². The molecule has 0 atom stereocenters. The van der Waals surface area contributed by atoms with Crippen molar-refractivity contribution in [2.75, 3.05) is 32.7 Å². The Hall–Kier alpha value is -2.86. The molecule has 6 nitrogen and oxygen atoms in total. The maximum Gasteiger partial charge on any atom is 0.204 e. The Labute approximate surface area is 162 Å². The van der Waals surface area contributed by atoms with Crippen LogP contribution in [0.25, 0.3) is 6.08 Å². The number of methoxy groups -OCH3 is 1. The van der Waals surface area contributed by atoms with Crippen LogP contribution in [0.3, 0.4) is 0 Å². The van der Waals surface area contributed by atoms with Crippen molar-refractivity contribution in [2.24, 2.45) is 0 Å². The molecule has 0 saturated carbocycles. The Morgan fingerprint density at radius 2 is 1.89 bits per heavy atom. The lowest BCUT2D eigenvalue weighted by Gasteiger charge is -2.20. The second-order valence-corrected chi connectivity index (χ2v) is 6.15. The first-order valence-corrected chi connectivity index (χ1v) is 8.83. The summed E-state index contributed by atoms with van der Waals surface area (Å²) in [7, 11) is 1.53. The molecule has 27 heavy (non-hydrogen) atoms. The average Bonchev–Trinajstić information content (AvgIpc) is 2.68. The van der Waals surface area contributed by atoms with E-state index in [9.17, 15) is 4.79 Å². The van der Waals surface area contributed by atoms with E-state index in [4.69, 9.17) is 36.3 Å². The minimum atomic E-state index is -0.352. The highest BCUT2D eigenvalue weighted by atomic mass is 35.5. The molecular weight excluding hydrogens is 370 g/mol. The molecule has 0 unspecified atom stereocenters. The van der Waals surface area contributed by atoms with Crippen LogP contribution in [0.15, 0.2) is 35.4 Å². The van der Waals surface area contributed by atoms with Crippen molar-refractivity contribution in [3.8, 4) is 23.0 Å². The van der Waals surface area contributed by atoms with E-state index in [1.807, 2.05) is 6.92 Å². The SMILES string of the molecule is CCOc1cc(C(=O)/C(Cl)=C\c2cc3c(cc2OC)OCCO3)ccc1N. The third-order valence-corrected chi connectivity index (χ3v) is 4.25. The number of ether oxygens (including phenoxy) is 4. The van der Waals surface area contributed by atoms with E-state index in [0.29, 0.717) is 59.6 Å². The number of hydrogen-bond donors (Lipinski definition) is 1. The highest BCUT2D eigenvalue weighted by molar-refractivity contribution is 6.47. The maximum atomic E-state index is 12.7. The summed E-state index contributed by atoms with van der Waals surface area (Å²) in [4.78, 5) is 12.7. The molecule has 7 heteroatoms. The van der Waals surface area contributed by atoms with Crippen molar-refractivity contribution < 1.29 is 23.7 Å². The van der Waals surface area contributed by atoms with Crippen LogP contribution in [0.2, 0.25) is 0 Å². The number of hydrogen-bond acceptors (Lipinski definition) is 6. The summed E-state index contributed by atoms with van der Waals surface area (Å²) in [6, 6.07) is 8.26. The van der Waals surface area contributed by atoms with Gasteiger partial charge in [-0.15, -0.1) is 0 Å². The van der Waals surface area contributed by atoms with Gasteiger partial charge >= 0.3 is 0 Å². The number of halogens is 1. The summed E-state index contributed by atoms with van der Waals surface area (Å²) in [5, 5.41) is 0.0252. The lowest BCUT2D eigenvalue weighted by Crippen LogP contribution is -2.15. The van der Waals surface area contributed by atoms with E-state index >= 15 is 0 Å². The standard InChI is InChI=1S/C20H20ClNO5/c1-3-25-17-9-12(4-5-15(17)22)20(23)14(21)8-13-10-18-19(11-16(13)24-2)27-7-6-26-18/h4-5,8-11H,3,6-7,22H2,1-2H3/b14-8+. The van der Waals surface area contributed by atoms with Gasteiger partial charge < -0.3 is 24.7 Å². The van der Waals surface area contributed by atoms with Crippen LogP contribution in [-0.4, -0.2) is 32.7 Å². The zero-order valence-corrected chi connectivity index (χ0v) is 15.8. The fraction of sp³-hybridized carbons (Fsp3) is 0.250. The zero-order valence-electron chi connectivity index (χ0n) is 15.1. The lowest BCUT2D eigenvalue weighted by molar-refractivity contribution is 0.104. The molecule has 1 heterocycles. The molecule has 0 radical (unpaired) electrons. The number of nitrogen functional groups attached to an aromatic ring is 1. The van der Waals surface area contributed by atoms with Crippen LogP contribution in [0.5, 0.6) is 23.0 Å². The predicted molar refractivity (Wildman–Crippen MR) is 104 cm³/mol. The fourth-order valence-electron chi connectivity index (χ4n) is 2.67. The number of fused-ring (bicyclic) bond motifs is 1. The van der Waals surface area contributed by atoms with Gasteiger partial charge in [-0.05, 0) is 37.3 Å². The summed E-state index contributed by atoms with van der Waals surface area (Å²) in [5.41, 5.74) is 7.30. The number of carbonyl (C=O) groups excluding carboxylic acids is 1. The topological polar surface area (TPSA) is 80.0 Å². The molecule has 0 aliphatic carbocycles.